The lowest BCUT2D eigenvalue weighted by Gasteiger charge is -2.40. The van der Waals surface area contributed by atoms with Crippen molar-refractivity contribution >= 4 is 16.6 Å². The third-order valence-corrected chi connectivity index (χ3v) is 5.21. The predicted octanol–water partition coefficient (Wildman–Crippen LogP) is 3.50. The first-order chi connectivity index (χ1) is 10.4. The lowest BCUT2D eigenvalue weighted by molar-refractivity contribution is 0.277. The minimum Gasteiger partial charge on any atom is -0.390 e. The van der Waals surface area contributed by atoms with Gasteiger partial charge >= 0.3 is 0 Å². The Labute approximate surface area is 125 Å². The molecule has 2 fully saturated rings. The number of hydrogen-bond donors (Lipinski definition) is 1. The molecule has 0 bridgehead atoms. The second-order valence-corrected chi connectivity index (χ2v) is 6.40. The number of pyridine rings is 1. The zero-order valence-electron chi connectivity index (χ0n) is 12.3. The molecule has 2 atom stereocenters. The van der Waals surface area contributed by atoms with Crippen molar-refractivity contribution in [3.05, 3.63) is 36.0 Å². The molecule has 0 amide bonds. The van der Waals surface area contributed by atoms with Crippen molar-refractivity contribution in [1.82, 2.24) is 4.98 Å². The van der Waals surface area contributed by atoms with Crippen LogP contribution in [0.25, 0.3) is 10.9 Å². The van der Waals surface area contributed by atoms with Crippen LogP contribution in [-0.4, -0.2) is 22.7 Å². The van der Waals surface area contributed by atoms with Crippen LogP contribution in [0, 0.1) is 5.92 Å². The van der Waals surface area contributed by atoms with Gasteiger partial charge in [0.05, 0.1) is 17.8 Å². The summed E-state index contributed by atoms with van der Waals surface area (Å²) < 4.78 is 0. The first kappa shape index (κ1) is 13.1. The summed E-state index contributed by atoms with van der Waals surface area (Å²) in [5.41, 5.74) is 3.06. The number of nitrogens with zero attached hydrogens (tertiary/aromatic N) is 2. The zero-order valence-corrected chi connectivity index (χ0v) is 12.3. The summed E-state index contributed by atoms with van der Waals surface area (Å²) in [6.45, 7) is 1.15. The third-order valence-electron chi connectivity index (χ3n) is 5.21. The molecule has 2 aliphatic rings. The van der Waals surface area contributed by atoms with Crippen molar-refractivity contribution in [2.75, 3.05) is 11.4 Å². The summed E-state index contributed by atoms with van der Waals surface area (Å²) in [4.78, 5) is 7.16. The number of rotatable bonds is 2. The molecule has 0 radical (unpaired) electrons. The maximum absolute atomic E-state index is 9.53. The molecule has 4 rings (SSSR count). The molecular formula is C18H22N2O. The van der Waals surface area contributed by atoms with E-state index in [9.17, 15) is 5.11 Å². The molecule has 1 aromatic heterocycles. The van der Waals surface area contributed by atoms with E-state index in [4.69, 9.17) is 0 Å². The highest BCUT2D eigenvalue weighted by molar-refractivity contribution is 5.92. The van der Waals surface area contributed by atoms with E-state index in [1.165, 1.54) is 43.2 Å². The average molecular weight is 282 g/mol. The fourth-order valence-electron chi connectivity index (χ4n) is 4.28. The molecule has 2 unspecified atom stereocenters. The van der Waals surface area contributed by atoms with Gasteiger partial charge in [-0.3, -0.25) is 4.98 Å². The average Bonchev–Trinajstić information content (AvgIpc) is 3.02. The number of hydrogen-bond acceptors (Lipinski definition) is 3. The molecule has 1 saturated carbocycles. The normalized spacial score (nSPS) is 25.3. The van der Waals surface area contributed by atoms with Crippen molar-refractivity contribution in [1.29, 1.82) is 0 Å². The van der Waals surface area contributed by atoms with Crippen LogP contribution in [0.5, 0.6) is 0 Å². The molecule has 1 saturated heterocycles. The first-order valence-electron chi connectivity index (χ1n) is 8.13. The van der Waals surface area contributed by atoms with Gasteiger partial charge < -0.3 is 10.0 Å². The van der Waals surface area contributed by atoms with Gasteiger partial charge in [0.25, 0.3) is 0 Å². The molecule has 1 aliphatic heterocycles. The quantitative estimate of drug-likeness (QED) is 0.916. The smallest absolute Gasteiger partial charge is 0.0854 e. The number of fused-ring (bicyclic) bond motifs is 2. The molecule has 0 spiro atoms. The maximum atomic E-state index is 9.53. The Morgan fingerprint density at radius 2 is 2.00 bits per heavy atom. The highest BCUT2D eigenvalue weighted by atomic mass is 16.3. The maximum Gasteiger partial charge on any atom is 0.0854 e. The number of aromatic nitrogens is 1. The lowest BCUT2D eigenvalue weighted by atomic mass is 9.91. The first-order valence-corrected chi connectivity index (χ1v) is 8.13. The topological polar surface area (TPSA) is 36.4 Å². The third kappa shape index (κ3) is 2.20. The summed E-state index contributed by atoms with van der Waals surface area (Å²) in [7, 11) is 0. The van der Waals surface area contributed by atoms with Crippen molar-refractivity contribution in [2.24, 2.45) is 5.92 Å². The minimum absolute atomic E-state index is 0.0137. The molecule has 1 aromatic carbocycles. The Balaban J connectivity index is 1.84. The van der Waals surface area contributed by atoms with E-state index in [-0.39, 0.29) is 6.61 Å². The summed E-state index contributed by atoms with van der Waals surface area (Å²) in [5.74, 6) is 0.864. The van der Waals surface area contributed by atoms with E-state index >= 15 is 0 Å². The number of piperidine rings is 1. The molecule has 3 nitrogen and oxygen atoms in total. The van der Waals surface area contributed by atoms with Crippen molar-refractivity contribution in [3.63, 3.8) is 0 Å². The van der Waals surface area contributed by atoms with Gasteiger partial charge in [0.2, 0.25) is 0 Å². The van der Waals surface area contributed by atoms with E-state index in [2.05, 4.69) is 28.1 Å². The minimum atomic E-state index is 0.0137. The Kier molecular flexibility index (Phi) is 3.30. The van der Waals surface area contributed by atoms with Gasteiger partial charge in [-0.15, -0.1) is 0 Å². The summed E-state index contributed by atoms with van der Waals surface area (Å²) in [6.07, 6.45) is 6.73. The van der Waals surface area contributed by atoms with Gasteiger partial charge in [-0.2, -0.15) is 0 Å². The van der Waals surface area contributed by atoms with Crippen molar-refractivity contribution < 1.29 is 5.11 Å². The second-order valence-electron chi connectivity index (χ2n) is 6.40. The fraction of sp³-hybridized carbons (Fsp3) is 0.500. The molecular weight excluding hydrogens is 260 g/mol. The van der Waals surface area contributed by atoms with Gasteiger partial charge in [-0.1, -0.05) is 24.6 Å². The monoisotopic (exact) mass is 282 g/mol. The molecule has 110 valence electrons. The van der Waals surface area contributed by atoms with Crippen LogP contribution in [0.1, 0.15) is 37.8 Å². The van der Waals surface area contributed by atoms with Gasteiger partial charge in [-0.25, -0.2) is 0 Å². The molecule has 1 aliphatic carbocycles. The lowest BCUT2D eigenvalue weighted by Crippen LogP contribution is -2.42. The molecule has 21 heavy (non-hydrogen) atoms. The number of benzene rings is 1. The SMILES string of the molecule is OCc1cc(N2CCCC3CCCC32)c2ccccc2n1. The van der Waals surface area contributed by atoms with E-state index in [0.717, 1.165) is 23.7 Å². The Morgan fingerprint density at radius 1 is 1.14 bits per heavy atom. The zero-order chi connectivity index (χ0) is 14.2. The largest absolute Gasteiger partial charge is 0.390 e. The predicted molar refractivity (Wildman–Crippen MR) is 85.4 cm³/mol. The van der Waals surface area contributed by atoms with Crippen LogP contribution in [0.4, 0.5) is 5.69 Å². The van der Waals surface area contributed by atoms with Crippen molar-refractivity contribution in [2.45, 2.75) is 44.8 Å². The van der Waals surface area contributed by atoms with Crippen LogP contribution >= 0.6 is 0 Å². The Hall–Kier alpha value is -1.61. The molecule has 1 N–H and O–H groups in total. The fourth-order valence-corrected chi connectivity index (χ4v) is 4.28. The van der Waals surface area contributed by atoms with E-state index in [0.29, 0.717) is 6.04 Å². The number of para-hydroxylation sites is 1. The van der Waals surface area contributed by atoms with Crippen LogP contribution in [0.2, 0.25) is 0 Å². The van der Waals surface area contributed by atoms with E-state index in [1.54, 1.807) is 0 Å². The number of aliphatic hydroxyl groups excluding tert-OH is 1. The van der Waals surface area contributed by atoms with Gasteiger partial charge in [-0.05, 0) is 43.7 Å². The van der Waals surface area contributed by atoms with Crippen LogP contribution in [-0.2, 0) is 6.61 Å². The van der Waals surface area contributed by atoms with Crippen LogP contribution < -0.4 is 4.90 Å². The van der Waals surface area contributed by atoms with Gasteiger partial charge in [0.1, 0.15) is 0 Å². The Bertz CT molecular complexity index is 655. The highest BCUT2D eigenvalue weighted by Gasteiger charge is 2.35. The number of anilines is 1. The standard InChI is InChI=1S/C18H22N2O/c21-12-14-11-18(15-7-1-2-8-16(15)19-14)20-10-4-6-13-5-3-9-17(13)20/h1-2,7-8,11,13,17,21H,3-6,9-10,12H2. The van der Waals surface area contributed by atoms with E-state index < -0.39 is 0 Å². The van der Waals surface area contributed by atoms with Crippen LogP contribution in [0.3, 0.4) is 0 Å². The molecule has 2 aromatic rings. The summed E-state index contributed by atoms with van der Waals surface area (Å²) >= 11 is 0. The van der Waals surface area contributed by atoms with E-state index in [1.807, 2.05) is 12.1 Å². The molecule has 3 heteroatoms. The summed E-state index contributed by atoms with van der Waals surface area (Å²) in [6, 6.07) is 11.1. The Morgan fingerprint density at radius 3 is 2.90 bits per heavy atom. The number of aliphatic hydroxyl groups is 1. The van der Waals surface area contributed by atoms with Crippen molar-refractivity contribution in [3.8, 4) is 0 Å². The van der Waals surface area contributed by atoms with Gasteiger partial charge in [0, 0.05) is 23.7 Å². The molecule has 2 heterocycles. The highest BCUT2D eigenvalue weighted by Crippen LogP contribution is 2.41. The second kappa shape index (κ2) is 5.30. The van der Waals surface area contributed by atoms with Gasteiger partial charge in [0.15, 0.2) is 0 Å². The van der Waals surface area contributed by atoms with Crippen LogP contribution in [0.15, 0.2) is 30.3 Å². The summed E-state index contributed by atoms with van der Waals surface area (Å²) in [5, 5.41) is 10.8.